The molecule has 0 bridgehead atoms. The van der Waals surface area contributed by atoms with E-state index in [4.69, 9.17) is 19.0 Å². The van der Waals surface area contributed by atoms with Crippen LogP contribution in [0.3, 0.4) is 0 Å². The highest BCUT2D eigenvalue weighted by atomic mass is 16.7. The van der Waals surface area contributed by atoms with Gasteiger partial charge in [-0.2, -0.15) is 0 Å². The standard InChI is InChI=1S/C42H61N3O10/c1-8-36-31(23-46)19-25(2)13-15-33(44-52-18-10-11-29-14-16-34-30(21-29)12-9-17-43-34)26(3)20-32(24-47)41(27(4)35(48)22-37(49)54-36)55-42-40(51)38(45(6)7)39(50)28(5)53-42/h9,12-17,19,21,24,26-28,31-32,35-36,38-42,46,48,50-51H,8,10-11,18,20,22-23H2,1-7H3/b15-13+,25-19+,44-33-/t26-,27+,28-,31?,32-,35-,36-,38+,39-,40-,41-,42+/m1/s1. The molecule has 0 spiro atoms. The van der Waals surface area contributed by atoms with Gasteiger partial charge in [0.2, 0.25) is 0 Å². The molecule has 0 saturated carbocycles. The third-order valence-electron chi connectivity index (χ3n) is 10.8. The van der Waals surface area contributed by atoms with Crippen LogP contribution in [0, 0.1) is 23.7 Å². The molecule has 304 valence electrons. The van der Waals surface area contributed by atoms with Crippen LogP contribution in [0.2, 0.25) is 0 Å². The molecule has 13 heteroatoms. The highest BCUT2D eigenvalue weighted by Gasteiger charge is 2.47. The molecular formula is C42H61N3O10. The molecule has 12 atom stereocenters. The van der Waals surface area contributed by atoms with Crippen molar-refractivity contribution in [2.45, 2.75) is 116 Å². The summed E-state index contributed by atoms with van der Waals surface area (Å²) in [6.45, 7) is 9.08. The van der Waals surface area contributed by atoms with Crippen LogP contribution >= 0.6 is 0 Å². The number of hydrogen-bond acceptors (Lipinski definition) is 13. The first-order valence-corrected chi connectivity index (χ1v) is 19.4. The summed E-state index contributed by atoms with van der Waals surface area (Å²) in [7, 11) is 3.46. The van der Waals surface area contributed by atoms with Crippen molar-refractivity contribution < 1.29 is 49.1 Å². The van der Waals surface area contributed by atoms with Crippen molar-refractivity contribution in [1.82, 2.24) is 9.88 Å². The number of cyclic esters (lactones) is 1. The largest absolute Gasteiger partial charge is 0.462 e. The summed E-state index contributed by atoms with van der Waals surface area (Å²) in [4.78, 5) is 38.1. The molecule has 4 N–H and O–H groups in total. The van der Waals surface area contributed by atoms with Crippen LogP contribution in [-0.2, 0) is 35.1 Å². The quantitative estimate of drug-likeness (QED) is 0.112. The van der Waals surface area contributed by atoms with Crippen LogP contribution in [0.4, 0.5) is 0 Å². The number of ether oxygens (including phenoxy) is 3. The van der Waals surface area contributed by atoms with Gasteiger partial charge in [0.05, 0.1) is 54.7 Å². The number of aryl methyl sites for hydroxylation is 1. The lowest BCUT2D eigenvalue weighted by atomic mass is 9.81. The van der Waals surface area contributed by atoms with E-state index in [9.17, 15) is 30.0 Å². The minimum absolute atomic E-state index is 0.214. The number of aldehydes is 1. The summed E-state index contributed by atoms with van der Waals surface area (Å²) in [5.41, 5.74) is 3.46. The van der Waals surface area contributed by atoms with E-state index in [1.54, 1.807) is 39.0 Å². The Kier molecular flexibility index (Phi) is 16.9. The Morgan fingerprint density at radius 2 is 1.85 bits per heavy atom. The van der Waals surface area contributed by atoms with Crippen LogP contribution < -0.4 is 0 Å². The van der Waals surface area contributed by atoms with Crippen molar-refractivity contribution in [2.24, 2.45) is 28.8 Å². The van der Waals surface area contributed by atoms with E-state index in [-0.39, 0.29) is 25.4 Å². The Morgan fingerprint density at radius 1 is 1.09 bits per heavy atom. The maximum Gasteiger partial charge on any atom is 0.308 e. The molecule has 13 nitrogen and oxygen atoms in total. The first-order chi connectivity index (χ1) is 26.3. The molecule has 1 aromatic heterocycles. The third-order valence-corrected chi connectivity index (χ3v) is 10.8. The molecule has 1 aromatic carbocycles. The van der Waals surface area contributed by atoms with Crippen molar-refractivity contribution in [2.75, 3.05) is 27.3 Å². The molecule has 1 fully saturated rings. The number of pyridine rings is 1. The van der Waals surface area contributed by atoms with Crippen LogP contribution in [0.5, 0.6) is 0 Å². The average Bonchev–Trinajstić information content (AvgIpc) is 3.16. The lowest BCUT2D eigenvalue weighted by Gasteiger charge is -2.46. The van der Waals surface area contributed by atoms with Gasteiger partial charge in [-0.15, -0.1) is 0 Å². The molecule has 2 aliphatic rings. The van der Waals surface area contributed by atoms with Crippen LogP contribution in [0.1, 0.15) is 65.9 Å². The molecule has 2 aromatic rings. The first-order valence-electron chi connectivity index (χ1n) is 19.4. The van der Waals surface area contributed by atoms with Crippen LogP contribution in [-0.4, -0.2) is 125 Å². The van der Waals surface area contributed by atoms with Crippen molar-refractivity contribution in [3.63, 3.8) is 0 Å². The number of allylic oxidation sites excluding steroid dienone is 3. The third kappa shape index (κ3) is 12.0. The number of nitrogens with zero attached hydrogens (tertiary/aromatic N) is 3. The smallest absolute Gasteiger partial charge is 0.308 e. The zero-order valence-electron chi connectivity index (χ0n) is 33.2. The Balaban J connectivity index is 1.63. The zero-order chi connectivity index (χ0) is 40.2. The Labute approximate surface area is 325 Å². The number of aliphatic hydroxyl groups is 4. The number of aliphatic hydroxyl groups excluding tert-OH is 4. The van der Waals surface area contributed by atoms with Gasteiger partial charge < -0.3 is 49.2 Å². The molecule has 0 amide bonds. The molecule has 2 aliphatic heterocycles. The van der Waals surface area contributed by atoms with Crippen LogP contribution in [0.25, 0.3) is 10.9 Å². The fourth-order valence-electron chi connectivity index (χ4n) is 7.48. The number of hydrogen-bond donors (Lipinski definition) is 4. The number of benzene rings is 1. The average molecular weight is 768 g/mol. The molecule has 4 rings (SSSR count). The Bertz CT molecular complexity index is 1630. The number of aromatic nitrogens is 1. The number of fused-ring (bicyclic) bond motifs is 1. The van der Waals surface area contributed by atoms with E-state index in [1.165, 1.54) is 0 Å². The Morgan fingerprint density at radius 3 is 2.55 bits per heavy atom. The summed E-state index contributed by atoms with van der Waals surface area (Å²) in [5.74, 6) is -3.17. The summed E-state index contributed by atoms with van der Waals surface area (Å²) in [6.07, 6.45) is 2.53. The molecule has 1 saturated heterocycles. The first kappa shape index (κ1) is 44.2. The van der Waals surface area contributed by atoms with E-state index in [0.717, 1.165) is 34.7 Å². The van der Waals surface area contributed by atoms with Crippen molar-refractivity contribution in [3.05, 3.63) is 65.9 Å². The van der Waals surface area contributed by atoms with Gasteiger partial charge in [-0.25, -0.2) is 0 Å². The van der Waals surface area contributed by atoms with E-state index < -0.39 is 72.7 Å². The second kappa shape index (κ2) is 21.1. The van der Waals surface area contributed by atoms with Gasteiger partial charge in [-0.3, -0.25) is 9.78 Å². The summed E-state index contributed by atoms with van der Waals surface area (Å²) in [6, 6.07) is 9.40. The number of rotatable bonds is 11. The number of esters is 1. The van der Waals surface area contributed by atoms with Crippen molar-refractivity contribution >= 4 is 28.9 Å². The molecule has 1 unspecified atom stereocenters. The summed E-state index contributed by atoms with van der Waals surface area (Å²) >= 11 is 0. The minimum atomic E-state index is -1.30. The van der Waals surface area contributed by atoms with E-state index in [1.807, 2.05) is 57.2 Å². The maximum atomic E-state index is 13.2. The van der Waals surface area contributed by atoms with Gasteiger partial charge in [0.15, 0.2) is 6.29 Å². The van der Waals surface area contributed by atoms with E-state index >= 15 is 0 Å². The number of likely N-dealkylation sites (N-methyl/N-ethyl adjacent to an activating group) is 1. The van der Waals surface area contributed by atoms with Gasteiger partial charge >= 0.3 is 5.97 Å². The topological polar surface area (TPSA) is 180 Å². The molecule has 3 heterocycles. The number of oxime groups is 1. The molecule has 0 radical (unpaired) electrons. The zero-order valence-corrected chi connectivity index (χ0v) is 33.2. The summed E-state index contributed by atoms with van der Waals surface area (Å²) in [5, 5.41) is 49.5. The summed E-state index contributed by atoms with van der Waals surface area (Å²) < 4.78 is 18.2. The van der Waals surface area contributed by atoms with Gasteiger partial charge in [-0.1, -0.05) is 55.8 Å². The lowest BCUT2D eigenvalue weighted by molar-refractivity contribution is -0.302. The molecule has 0 aliphatic carbocycles. The lowest BCUT2D eigenvalue weighted by Crippen LogP contribution is -2.63. The number of carbonyl (C=O) groups is 2. The predicted octanol–water partition coefficient (Wildman–Crippen LogP) is 4.00. The monoisotopic (exact) mass is 767 g/mol. The van der Waals surface area contributed by atoms with E-state index in [2.05, 4.69) is 22.3 Å². The minimum Gasteiger partial charge on any atom is -0.462 e. The van der Waals surface area contributed by atoms with E-state index in [0.29, 0.717) is 25.2 Å². The fourth-order valence-corrected chi connectivity index (χ4v) is 7.48. The van der Waals surface area contributed by atoms with Crippen molar-refractivity contribution in [1.29, 1.82) is 0 Å². The predicted molar refractivity (Wildman–Crippen MR) is 209 cm³/mol. The maximum absolute atomic E-state index is 13.2. The molecule has 55 heavy (non-hydrogen) atoms. The molecular weight excluding hydrogens is 706 g/mol. The van der Waals surface area contributed by atoms with Crippen LogP contribution in [0.15, 0.2) is 65.5 Å². The van der Waals surface area contributed by atoms with Gasteiger partial charge in [-0.05, 0) is 83.5 Å². The normalized spacial score (nSPS) is 35.2. The van der Waals surface area contributed by atoms with Gasteiger partial charge in [0.25, 0.3) is 0 Å². The second-order valence-electron chi connectivity index (χ2n) is 15.3. The van der Waals surface area contributed by atoms with Gasteiger partial charge in [0, 0.05) is 35.3 Å². The highest BCUT2D eigenvalue weighted by Crippen LogP contribution is 2.33. The second-order valence-corrected chi connectivity index (χ2v) is 15.3. The van der Waals surface area contributed by atoms with Crippen molar-refractivity contribution in [3.8, 4) is 0 Å². The highest BCUT2D eigenvalue weighted by molar-refractivity contribution is 5.96. The SMILES string of the molecule is CC[C@H]1OC(=O)C[C@@H](O)[C@H](C)[C@@H](O[C@@H]2O[C@H](C)[C@@H](O)[C@H](N(C)C)[C@H]2O)[C@@H](C=O)C[C@@H](C)C(=N\OCCCc2ccc3ncccc3c2)/C=C/C(C)=C/C1CO. The Hall–Kier alpha value is -3.56. The van der Waals surface area contributed by atoms with Gasteiger partial charge in [0.1, 0.15) is 25.1 Å². The fraction of sp³-hybridized carbons (Fsp3) is 0.619. The number of carbonyl (C=O) groups excluding carboxylic acids is 2.